The zero-order valence-corrected chi connectivity index (χ0v) is 23.5. The molecule has 0 saturated heterocycles. The number of imidazole rings is 1. The SMILES string of the molecule is NS(=O)(=NC(=O)Nc1c(-c2ccncc2)ccc2c1CCC2)c1ccc(CCNC(=O)c2ncn3ccccc23)cc1. The summed E-state index contributed by atoms with van der Waals surface area (Å²) in [7, 11) is -3.50. The summed E-state index contributed by atoms with van der Waals surface area (Å²) in [5.41, 5.74) is 6.67. The minimum absolute atomic E-state index is 0.238. The van der Waals surface area contributed by atoms with Gasteiger partial charge >= 0.3 is 6.03 Å². The van der Waals surface area contributed by atoms with Gasteiger partial charge in [0, 0.05) is 30.7 Å². The fraction of sp³-hybridized carbons (Fsp3) is 0.161. The molecule has 6 rings (SSSR count). The Morgan fingerprint density at radius 2 is 1.81 bits per heavy atom. The molecule has 0 bridgehead atoms. The summed E-state index contributed by atoms with van der Waals surface area (Å²) >= 11 is 0. The van der Waals surface area contributed by atoms with E-state index in [1.54, 1.807) is 47.4 Å². The predicted octanol–water partition coefficient (Wildman–Crippen LogP) is 4.79. The lowest BCUT2D eigenvalue weighted by Gasteiger charge is -2.15. The summed E-state index contributed by atoms with van der Waals surface area (Å²) in [4.78, 5) is 34.2. The minimum atomic E-state index is -3.50. The van der Waals surface area contributed by atoms with Gasteiger partial charge in [0.25, 0.3) is 5.91 Å². The maximum atomic E-state index is 13.3. The van der Waals surface area contributed by atoms with Crippen LogP contribution in [0.3, 0.4) is 0 Å². The third kappa shape index (κ3) is 5.65. The van der Waals surface area contributed by atoms with Crippen molar-refractivity contribution < 1.29 is 13.8 Å². The number of carbonyl (C=O) groups excluding carboxylic acids is 2. The Morgan fingerprint density at radius 3 is 2.62 bits per heavy atom. The van der Waals surface area contributed by atoms with E-state index >= 15 is 0 Å². The fourth-order valence-corrected chi connectivity index (χ4v) is 6.18. The summed E-state index contributed by atoms with van der Waals surface area (Å²) in [6.45, 7) is 0.385. The number of urea groups is 1. The van der Waals surface area contributed by atoms with Gasteiger partial charge in [0.1, 0.15) is 16.2 Å². The minimum Gasteiger partial charge on any atom is -0.350 e. The van der Waals surface area contributed by atoms with Gasteiger partial charge in [-0.3, -0.25) is 9.78 Å². The molecule has 5 aromatic rings. The average molecular weight is 580 g/mol. The third-order valence-corrected chi connectivity index (χ3v) is 8.73. The molecule has 4 N–H and O–H groups in total. The van der Waals surface area contributed by atoms with Crippen LogP contribution in [0.1, 0.15) is 33.6 Å². The smallest absolute Gasteiger partial charge is 0.350 e. The zero-order valence-electron chi connectivity index (χ0n) is 22.7. The highest BCUT2D eigenvalue weighted by molar-refractivity contribution is 7.91. The lowest BCUT2D eigenvalue weighted by atomic mass is 9.98. The third-order valence-electron chi connectivity index (χ3n) is 7.34. The molecule has 1 unspecified atom stereocenters. The van der Waals surface area contributed by atoms with Crippen molar-refractivity contribution in [2.24, 2.45) is 9.50 Å². The molecule has 0 radical (unpaired) electrons. The van der Waals surface area contributed by atoms with Crippen LogP contribution in [0.25, 0.3) is 16.6 Å². The first-order chi connectivity index (χ1) is 20.4. The van der Waals surface area contributed by atoms with E-state index in [0.29, 0.717) is 24.3 Å². The second-order valence-corrected chi connectivity index (χ2v) is 11.8. The normalized spacial score (nSPS) is 13.7. The number of nitrogens with one attached hydrogen (secondary N) is 2. The van der Waals surface area contributed by atoms with E-state index in [1.807, 2.05) is 42.6 Å². The molecule has 3 heterocycles. The summed E-state index contributed by atoms with van der Waals surface area (Å²) in [5.74, 6) is -0.258. The molecular weight excluding hydrogens is 550 g/mol. The number of nitrogens with zero attached hydrogens (tertiary/aromatic N) is 4. The Labute approximate surface area is 243 Å². The Balaban J connectivity index is 1.13. The van der Waals surface area contributed by atoms with Gasteiger partial charge in [-0.15, -0.1) is 4.36 Å². The first kappa shape index (κ1) is 27.3. The molecule has 3 amide bonds. The lowest BCUT2D eigenvalue weighted by molar-refractivity contribution is 0.0951. The molecule has 2 aromatic carbocycles. The van der Waals surface area contributed by atoms with Crippen LogP contribution in [0.4, 0.5) is 10.5 Å². The highest BCUT2D eigenvalue weighted by Gasteiger charge is 2.21. The highest BCUT2D eigenvalue weighted by atomic mass is 32.2. The largest absolute Gasteiger partial charge is 0.354 e. The Kier molecular flexibility index (Phi) is 7.51. The topological polar surface area (TPSA) is 144 Å². The fourth-order valence-electron chi connectivity index (χ4n) is 5.26. The van der Waals surface area contributed by atoms with Crippen molar-refractivity contribution >= 4 is 33.1 Å². The van der Waals surface area contributed by atoms with Gasteiger partial charge in [0.2, 0.25) is 0 Å². The number of amides is 3. The van der Waals surface area contributed by atoms with Gasteiger partial charge in [0.05, 0.1) is 16.1 Å². The second kappa shape index (κ2) is 11.6. The number of aryl methyl sites for hydroxylation is 1. The van der Waals surface area contributed by atoms with Crippen LogP contribution in [-0.2, 0) is 29.2 Å². The standard InChI is InChI=1S/C31H29N7O3S/c32-42(41,37-31(40)36-28-25-5-3-4-22(25)9-12-26(28)23-14-16-33-17-15-23)24-10-7-21(8-11-24)13-18-34-30(39)29-27-6-1-2-19-38(27)20-35-29/h1-2,6-12,14-17,19-20H,3-5,13,18H2,(H,34,39)(H3,32,36,37,40,41). The first-order valence-corrected chi connectivity index (χ1v) is 15.2. The second-order valence-electron chi connectivity index (χ2n) is 10.0. The van der Waals surface area contributed by atoms with Gasteiger partial charge in [-0.1, -0.05) is 30.3 Å². The van der Waals surface area contributed by atoms with Crippen molar-refractivity contribution in [1.29, 1.82) is 0 Å². The highest BCUT2D eigenvalue weighted by Crippen LogP contribution is 2.37. The molecule has 0 aliphatic heterocycles. The van der Waals surface area contributed by atoms with Crippen LogP contribution in [0.5, 0.6) is 0 Å². The molecule has 3 aromatic heterocycles. The van der Waals surface area contributed by atoms with Crippen LogP contribution < -0.4 is 15.8 Å². The Morgan fingerprint density at radius 1 is 1.00 bits per heavy atom. The first-order valence-electron chi connectivity index (χ1n) is 13.6. The van der Waals surface area contributed by atoms with E-state index in [0.717, 1.165) is 47.0 Å². The number of benzene rings is 2. The Bertz CT molecular complexity index is 1910. The van der Waals surface area contributed by atoms with Crippen molar-refractivity contribution in [3.05, 3.63) is 114 Å². The van der Waals surface area contributed by atoms with Gasteiger partial charge in [-0.2, -0.15) is 0 Å². The number of fused-ring (bicyclic) bond motifs is 2. The van der Waals surface area contributed by atoms with Gasteiger partial charge in [0.15, 0.2) is 5.69 Å². The molecule has 0 spiro atoms. The van der Waals surface area contributed by atoms with Gasteiger partial charge in [-0.05, 0) is 84.3 Å². The van der Waals surface area contributed by atoms with E-state index in [4.69, 9.17) is 5.14 Å². The van der Waals surface area contributed by atoms with E-state index in [1.165, 1.54) is 5.56 Å². The Hall–Kier alpha value is -4.87. The van der Waals surface area contributed by atoms with Crippen LogP contribution >= 0.6 is 0 Å². The number of hydrogen-bond acceptors (Lipinski definition) is 5. The number of nitrogens with two attached hydrogens (primary N) is 1. The molecule has 10 nitrogen and oxygen atoms in total. The average Bonchev–Trinajstić information content (AvgIpc) is 3.66. The van der Waals surface area contributed by atoms with E-state index in [2.05, 4.69) is 31.0 Å². The maximum absolute atomic E-state index is 13.3. The van der Waals surface area contributed by atoms with Crippen molar-refractivity contribution in [3.63, 3.8) is 0 Å². The number of pyridine rings is 2. The van der Waals surface area contributed by atoms with Crippen LogP contribution in [-0.4, -0.2) is 37.1 Å². The molecule has 0 fully saturated rings. The molecule has 1 atom stereocenters. The van der Waals surface area contributed by atoms with E-state index in [-0.39, 0.29) is 10.8 Å². The molecule has 42 heavy (non-hydrogen) atoms. The van der Waals surface area contributed by atoms with Crippen LogP contribution in [0.2, 0.25) is 0 Å². The van der Waals surface area contributed by atoms with Crippen molar-refractivity contribution in [1.82, 2.24) is 19.7 Å². The molecule has 1 aliphatic rings. The van der Waals surface area contributed by atoms with E-state index in [9.17, 15) is 13.8 Å². The maximum Gasteiger partial charge on any atom is 0.354 e. The summed E-state index contributed by atoms with van der Waals surface area (Å²) < 4.78 is 19.0. The molecule has 0 saturated carbocycles. The number of anilines is 1. The van der Waals surface area contributed by atoms with Gasteiger partial charge < -0.3 is 15.0 Å². The molecule has 1 aliphatic carbocycles. The van der Waals surface area contributed by atoms with Crippen molar-refractivity contribution in [3.8, 4) is 11.1 Å². The van der Waals surface area contributed by atoms with Crippen molar-refractivity contribution in [2.75, 3.05) is 11.9 Å². The lowest BCUT2D eigenvalue weighted by Crippen LogP contribution is -2.26. The molecule has 212 valence electrons. The summed E-state index contributed by atoms with van der Waals surface area (Å²) in [6, 6.07) is 19.3. The quantitative estimate of drug-likeness (QED) is 0.254. The molecular formula is C31H29N7O3S. The predicted molar refractivity (Wildman–Crippen MR) is 161 cm³/mol. The monoisotopic (exact) mass is 579 g/mol. The zero-order chi connectivity index (χ0) is 29.1. The number of hydrogen-bond donors (Lipinski definition) is 3. The van der Waals surface area contributed by atoms with E-state index < -0.39 is 15.9 Å². The van der Waals surface area contributed by atoms with Crippen LogP contribution in [0.15, 0.2) is 101 Å². The molecule has 11 heteroatoms. The van der Waals surface area contributed by atoms with Gasteiger partial charge in [-0.25, -0.2) is 19.1 Å². The van der Waals surface area contributed by atoms with Crippen LogP contribution in [0, 0.1) is 0 Å². The van der Waals surface area contributed by atoms with Crippen molar-refractivity contribution in [2.45, 2.75) is 30.6 Å². The number of rotatable bonds is 7. The summed E-state index contributed by atoms with van der Waals surface area (Å²) in [6.07, 6.45) is 10.1. The number of carbonyl (C=O) groups is 2. The number of aromatic nitrogens is 3. The summed E-state index contributed by atoms with van der Waals surface area (Å²) in [5, 5.41) is 11.8.